The van der Waals surface area contributed by atoms with E-state index in [1.54, 1.807) is 6.26 Å². The van der Waals surface area contributed by atoms with Crippen LogP contribution in [0.15, 0.2) is 22.8 Å². The predicted molar refractivity (Wildman–Crippen MR) is 64.6 cm³/mol. The molecule has 0 radical (unpaired) electrons. The molecular formula is C12H18ClNO2. The Morgan fingerprint density at radius 3 is 2.88 bits per heavy atom. The predicted octanol–water partition coefficient (Wildman–Crippen LogP) is 2.50. The first-order chi connectivity index (χ1) is 7.18. The molecule has 0 N–H and O–H groups in total. The number of piperidine rings is 1. The lowest BCUT2D eigenvalue weighted by molar-refractivity contribution is -0.128. The van der Waals surface area contributed by atoms with Gasteiger partial charge in [-0.1, -0.05) is 6.92 Å². The van der Waals surface area contributed by atoms with Crippen LogP contribution in [0.5, 0.6) is 0 Å². The van der Waals surface area contributed by atoms with Crippen LogP contribution in [-0.2, 0) is 11.3 Å². The highest BCUT2D eigenvalue weighted by atomic mass is 35.5. The highest BCUT2D eigenvalue weighted by Crippen LogP contribution is 2.22. The second-order valence-corrected chi connectivity index (χ2v) is 4.30. The van der Waals surface area contributed by atoms with E-state index in [0.29, 0.717) is 18.2 Å². The van der Waals surface area contributed by atoms with E-state index >= 15 is 0 Å². The first-order valence-electron chi connectivity index (χ1n) is 5.47. The Hall–Kier alpha value is -0.800. The number of carbonyl (C=O) groups excluding carboxylic acids is 1. The maximum absolute atomic E-state index is 11.5. The number of likely N-dealkylation sites (tertiary alicyclic amines) is 1. The molecule has 0 spiro atoms. The Bertz CT molecular complexity index is 337. The molecule has 1 aliphatic rings. The topological polar surface area (TPSA) is 33.5 Å². The maximum atomic E-state index is 11.5. The molecule has 2 unspecified atom stereocenters. The molecule has 16 heavy (non-hydrogen) atoms. The number of ketones is 1. The zero-order chi connectivity index (χ0) is 10.8. The summed E-state index contributed by atoms with van der Waals surface area (Å²) in [6.45, 7) is 5.79. The Morgan fingerprint density at radius 2 is 2.25 bits per heavy atom. The zero-order valence-corrected chi connectivity index (χ0v) is 10.5. The van der Waals surface area contributed by atoms with Gasteiger partial charge in [0, 0.05) is 24.9 Å². The summed E-state index contributed by atoms with van der Waals surface area (Å²) in [5.41, 5.74) is 0. The minimum atomic E-state index is 0. The van der Waals surface area contributed by atoms with Crippen LogP contribution in [0.3, 0.4) is 0 Å². The van der Waals surface area contributed by atoms with Crippen molar-refractivity contribution < 1.29 is 9.21 Å². The fourth-order valence-electron chi connectivity index (χ4n) is 2.10. The van der Waals surface area contributed by atoms with E-state index in [2.05, 4.69) is 11.8 Å². The van der Waals surface area contributed by atoms with Crippen molar-refractivity contribution in [2.24, 2.45) is 5.92 Å². The van der Waals surface area contributed by atoms with Crippen molar-refractivity contribution in [3.63, 3.8) is 0 Å². The van der Waals surface area contributed by atoms with Crippen molar-refractivity contribution in [1.29, 1.82) is 0 Å². The molecule has 2 heterocycles. The number of nitrogens with zero attached hydrogens (tertiary/aromatic N) is 1. The van der Waals surface area contributed by atoms with Crippen LogP contribution in [0.2, 0.25) is 0 Å². The molecule has 0 aromatic carbocycles. The van der Waals surface area contributed by atoms with Crippen molar-refractivity contribution in [3.05, 3.63) is 24.2 Å². The van der Waals surface area contributed by atoms with E-state index < -0.39 is 0 Å². The number of hydrogen-bond acceptors (Lipinski definition) is 3. The molecule has 0 bridgehead atoms. The fraction of sp³-hybridized carbons (Fsp3) is 0.583. The molecule has 1 fully saturated rings. The fourth-order valence-corrected chi connectivity index (χ4v) is 2.10. The van der Waals surface area contributed by atoms with Gasteiger partial charge in [0.1, 0.15) is 11.5 Å². The minimum absolute atomic E-state index is 0. The summed E-state index contributed by atoms with van der Waals surface area (Å²) in [6, 6.07) is 4.20. The molecule has 1 aliphatic heterocycles. The van der Waals surface area contributed by atoms with Crippen molar-refractivity contribution in [1.82, 2.24) is 4.90 Å². The van der Waals surface area contributed by atoms with Crippen molar-refractivity contribution in [2.45, 2.75) is 32.9 Å². The maximum Gasteiger partial charge on any atom is 0.138 e. The third kappa shape index (κ3) is 2.66. The SMILES string of the molecule is CC1C(=O)CCN(Cc2ccco2)C1C.Cl. The monoisotopic (exact) mass is 243 g/mol. The molecule has 0 saturated carbocycles. The molecule has 2 atom stereocenters. The van der Waals surface area contributed by atoms with Gasteiger partial charge in [-0.15, -0.1) is 12.4 Å². The highest BCUT2D eigenvalue weighted by Gasteiger charge is 2.30. The summed E-state index contributed by atoms with van der Waals surface area (Å²) in [7, 11) is 0. The third-order valence-electron chi connectivity index (χ3n) is 3.39. The van der Waals surface area contributed by atoms with E-state index in [9.17, 15) is 4.79 Å². The molecule has 4 heteroatoms. The lowest BCUT2D eigenvalue weighted by Crippen LogP contribution is -2.46. The summed E-state index contributed by atoms with van der Waals surface area (Å²) >= 11 is 0. The van der Waals surface area contributed by atoms with Crippen molar-refractivity contribution >= 4 is 18.2 Å². The quantitative estimate of drug-likeness (QED) is 0.800. The van der Waals surface area contributed by atoms with Crippen LogP contribution < -0.4 is 0 Å². The largest absolute Gasteiger partial charge is 0.468 e. The van der Waals surface area contributed by atoms with E-state index in [0.717, 1.165) is 18.8 Å². The molecule has 1 aromatic rings. The highest BCUT2D eigenvalue weighted by molar-refractivity contribution is 5.85. The van der Waals surface area contributed by atoms with Crippen molar-refractivity contribution in [3.8, 4) is 0 Å². The average Bonchev–Trinajstić information content (AvgIpc) is 2.72. The van der Waals surface area contributed by atoms with E-state index in [1.165, 1.54) is 0 Å². The van der Waals surface area contributed by atoms with Crippen LogP contribution in [0, 0.1) is 5.92 Å². The Labute approximate surface area is 102 Å². The van der Waals surface area contributed by atoms with Gasteiger partial charge < -0.3 is 4.42 Å². The smallest absolute Gasteiger partial charge is 0.138 e. The van der Waals surface area contributed by atoms with Gasteiger partial charge >= 0.3 is 0 Å². The van der Waals surface area contributed by atoms with Crippen LogP contribution >= 0.6 is 12.4 Å². The number of furan rings is 1. The molecular weight excluding hydrogens is 226 g/mol. The third-order valence-corrected chi connectivity index (χ3v) is 3.39. The Kier molecular flexibility index (Phi) is 4.56. The molecule has 3 nitrogen and oxygen atoms in total. The first kappa shape index (κ1) is 13.3. The van der Waals surface area contributed by atoms with Gasteiger partial charge in [0.25, 0.3) is 0 Å². The van der Waals surface area contributed by atoms with Gasteiger partial charge in [-0.3, -0.25) is 9.69 Å². The van der Waals surface area contributed by atoms with Gasteiger partial charge in [-0.25, -0.2) is 0 Å². The standard InChI is InChI=1S/C12H17NO2.ClH/c1-9-10(2)13(6-5-12(9)14)8-11-4-3-7-15-11;/h3-4,7,9-10H,5-6,8H2,1-2H3;1H. The van der Waals surface area contributed by atoms with Gasteiger partial charge in [0.15, 0.2) is 0 Å². The second kappa shape index (κ2) is 5.51. The van der Waals surface area contributed by atoms with E-state index in [1.807, 2.05) is 19.1 Å². The second-order valence-electron chi connectivity index (χ2n) is 4.30. The Balaban J connectivity index is 0.00000128. The number of rotatable bonds is 2. The normalized spacial score (nSPS) is 26.5. The van der Waals surface area contributed by atoms with Crippen LogP contribution in [-0.4, -0.2) is 23.3 Å². The lowest BCUT2D eigenvalue weighted by Gasteiger charge is -2.36. The number of carbonyl (C=O) groups is 1. The number of Topliss-reactive ketones (excluding diaryl/α,β-unsaturated/α-hetero) is 1. The van der Waals surface area contributed by atoms with Crippen LogP contribution in [0.25, 0.3) is 0 Å². The summed E-state index contributed by atoms with van der Waals surface area (Å²) in [4.78, 5) is 13.8. The summed E-state index contributed by atoms with van der Waals surface area (Å²) in [6.07, 6.45) is 2.37. The van der Waals surface area contributed by atoms with Crippen LogP contribution in [0.4, 0.5) is 0 Å². The number of halogens is 1. The number of hydrogen-bond donors (Lipinski definition) is 0. The van der Waals surface area contributed by atoms with Gasteiger partial charge in [-0.2, -0.15) is 0 Å². The molecule has 1 saturated heterocycles. The average molecular weight is 244 g/mol. The molecule has 90 valence electrons. The van der Waals surface area contributed by atoms with Crippen molar-refractivity contribution in [2.75, 3.05) is 6.54 Å². The van der Waals surface area contributed by atoms with Gasteiger partial charge in [-0.05, 0) is 19.1 Å². The molecule has 0 aliphatic carbocycles. The minimum Gasteiger partial charge on any atom is -0.468 e. The Morgan fingerprint density at radius 1 is 1.50 bits per heavy atom. The zero-order valence-electron chi connectivity index (χ0n) is 9.68. The molecule has 0 amide bonds. The van der Waals surface area contributed by atoms with Gasteiger partial charge in [0.05, 0.1) is 12.8 Å². The summed E-state index contributed by atoms with van der Waals surface area (Å²) in [5.74, 6) is 1.51. The van der Waals surface area contributed by atoms with E-state index in [4.69, 9.17) is 4.42 Å². The summed E-state index contributed by atoms with van der Waals surface area (Å²) < 4.78 is 5.32. The van der Waals surface area contributed by atoms with Crippen LogP contribution in [0.1, 0.15) is 26.0 Å². The first-order valence-corrected chi connectivity index (χ1v) is 5.47. The molecule has 2 rings (SSSR count). The molecule has 1 aromatic heterocycles. The van der Waals surface area contributed by atoms with Gasteiger partial charge in [0.2, 0.25) is 0 Å². The van der Waals surface area contributed by atoms with E-state index in [-0.39, 0.29) is 18.3 Å². The lowest BCUT2D eigenvalue weighted by atomic mass is 9.91. The summed E-state index contributed by atoms with van der Waals surface area (Å²) in [5, 5.41) is 0.